The molecule has 0 bridgehead atoms. The van der Waals surface area contributed by atoms with Gasteiger partial charge in [-0.3, -0.25) is 9.59 Å². The Balaban J connectivity index is 2.15. The second-order valence-corrected chi connectivity index (χ2v) is 8.99. The largest absolute Gasteiger partial charge is 0.294 e. The summed E-state index contributed by atoms with van der Waals surface area (Å²) >= 11 is 7.93. The predicted octanol–water partition coefficient (Wildman–Crippen LogP) is 6.20. The number of halogens is 1. The second-order valence-electron chi connectivity index (χ2n) is 6.94. The lowest BCUT2D eigenvalue weighted by Gasteiger charge is -2.19. The fourth-order valence-corrected chi connectivity index (χ4v) is 4.42. The van der Waals surface area contributed by atoms with E-state index in [2.05, 4.69) is 13.8 Å². The minimum Gasteiger partial charge on any atom is -0.294 e. The summed E-state index contributed by atoms with van der Waals surface area (Å²) in [6.45, 7) is 10.1. The Labute approximate surface area is 159 Å². The number of thioether (sulfide) groups is 1. The van der Waals surface area contributed by atoms with E-state index < -0.39 is 0 Å². The van der Waals surface area contributed by atoms with Crippen molar-refractivity contribution in [3.8, 4) is 0 Å². The highest BCUT2D eigenvalue weighted by molar-refractivity contribution is 8.00. The first-order chi connectivity index (χ1) is 11.7. The highest BCUT2D eigenvalue weighted by atomic mass is 35.5. The molecule has 134 valence electrons. The molecular formula is C21H25ClO2S. The zero-order chi connectivity index (χ0) is 18.7. The Hall–Kier alpha value is -1.32. The normalized spacial score (nSPS) is 17.6. The van der Waals surface area contributed by atoms with Gasteiger partial charge in [0.2, 0.25) is 0 Å². The standard InChI is InChI=1S/C21H25ClO2S/c1-12(2)25-21-11-16(22)10-18(15(21)5)19(23)7-6-17-14(4)8-13(3)9-20(17)24/h8-12,17H,6-7H2,1-5H3. The van der Waals surface area contributed by atoms with Gasteiger partial charge in [0.05, 0.1) is 0 Å². The minimum atomic E-state index is -0.184. The second kappa shape index (κ2) is 8.37. The van der Waals surface area contributed by atoms with Crippen LogP contribution < -0.4 is 0 Å². The molecule has 0 fully saturated rings. The fourth-order valence-electron chi connectivity index (χ4n) is 3.15. The van der Waals surface area contributed by atoms with Crippen LogP contribution in [0.4, 0.5) is 0 Å². The van der Waals surface area contributed by atoms with Crippen LogP contribution >= 0.6 is 23.4 Å². The van der Waals surface area contributed by atoms with Crippen molar-refractivity contribution in [2.24, 2.45) is 5.92 Å². The monoisotopic (exact) mass is 376 g/mol. The first kappa shape index (κ1) is 20.0. The molecule has 4 heteroatoms. The van der Waals surface area contributed by atoms with Crippen molar-refractivity contribution < 1.29 is 9.59 Å². The highest BCUT2D eigenvalue weighted by Gasteiger charge is 2.23. The van der Waals surface area contributed by atoms with Gasteiger partial charge in [0.15, 0.2) is 11.6 Å². The highest BCUT2D eigenvalue weighted by Crippen LogP contribution is 2.33. The Morgan fingerprint density at radius 3 is 2.48 bits per heavy atom. The van der Waals surface area contributed by atoms with Gasteiger partial charge >= 0.3 is 0 Å². The molecule has 1 aliphatic rings. The number of carbonyl (C=O) groups excluding carboxylic acids is 2. The molecule has 1 aliphatic carbocycles. The van der Waals surface area contributed by atoms with E-state index in [0.717, 1.165) is 21.6 Å². The summed E-state index contributed by atoms with van der Waals surface area (Å²) < 4.78 is 0. The summed E-state index contributed by atoms with van der Waals surface area (Å²) in [4.78, 5) is 26.0. The van der Waals surface area contributed by atoms with Gasteiger partial charge in [-0.15, -0.1) is 11.8 Å². The van der Waals surface area contributed by atoms with Crippen LogP contribution in [-0.2, 0) is 4.79 Å². The van der Waals surface area contributed by atoms with E-state index >= 15 is 0 Å². The van der Waals surface area contributed by atoms with Crippen molar-refractivity contribution >= 4 is 34.9 Å². The summed E-state index contributed by atoms with van der Waals surface area (Å²) in [6.07, 6.45) is 4.59. The molecular weight excluding hydrogens is 352 g/mol. The van der Waals surface area contributed by atoms with Gasteiger partial charge in [-0.1, -0.05) is 37.1 Å². The smallest absolute Gasteiger partial charge is 0.163 e. The minimum absolute atomic E-state index is 0.0532. The third-order valence-corrected chi connectivity index (χ3v) is 5.73. The Morgan fingerprint density at radius 2 is 1.88 bits per heavy atom. The predicted molar refractivity (Wildman–Crippen MR) is 107 cm³/mol. The molecule has 0 N–H and O–H groups in total. The number of Topliss-reactive ketones (excluding diaryl/α,β-unsaturated/α-hetero) is 1. The van der Waals surface area contributed by atoms with Gasteiger partial charge in [-0.25, -0.2) is 0 Å². The summed E-state index contributed by atoms with van der Waals surface area (Å²) in [5.74, 6) is -0.0294. The van der Waals surface area contributed by atoms with Crippen molar-refractivity contribution in [2.45, 2.75) is 57.6 Å². The van der Waals surface area contributed by atoms with E-state index in [-0.39, 0.29) is 17.5 Å². The third kappa shape index (κ3) is 5.08. The van der Waals surface area contributed by atoms with Crippen LogP contribution in [0.15, 0.2) is 40.3 Å². The fraction of sp³-hybridized carbons (Fsp3) is 0.429. The molecule has 0 saturated carbocycles. The summed E-state index contributed by atoms with van der Waals surface area (Å²) in [6, 6.07) is 3.67. The molecule has 0 spiro atoms. The molecule has 0 radical (unpaired) electrons. The average molecular weight is 377 g/mol. The third-order valence-electron chi connectivity index (χ3n) is 4.37. The average Bonchev–Trinajstić information content (AvgIpc) is 2.48. The van der Waals surface area contributed by atoms with Crippen molar-refractivity contribution in [3.05, 3.63) is 51.6 Å². The first-order valence-electron chi connectivity index (χ1n) is 8.59. The van der Waals surface area contributed by atoms with E-state index in [0.29, 0.717) is 28.7 Å². The van der Waals surface area contributed by atoms with Crippen LogP contribution in [0.1, 0.15) is 56.5 Å². The zero-order valence-electron chi connectivity index (χ0n) is 15.5. The molecule has 1 unspecified atom stereocenters. The topological polar surface area (TPSA) is 34.1 Å². The number of benzene rings is 1. The summed E-state index contributed by atoms with van der Waals surface area (Å²) in [7, 11) is 0. The van der Waals surface area contributed by atoms with Crippen LogP contribution in [-0.4, -0.2) is 16.8 Å². The van der Waals surface area contributed by atoms with E-state index in [1.807, 2.05) is 32.9 Å². The van der Waals surface area contributed by atoms with Gasteiger partial charge in [-0.05, 0) is 56.5 Å². The van der Waals surface area contributed by atoms with Gasteiger partial charge < -0.3 is 0 Å². The number of allylic oxidation sites excluding steroid dienone is 4. The number of ketones is 2. The Kier molecular flexibility index (Phi) is 6.70. The van der Waals surface area contributed by atoms with Crippen LogP contribution in [0.5, 0.6) is 0 Å². The first-order valence-corrected chi connectivity index (χ1v) is 9.85. The van der Waals surface area contributed by atoms with Crippen molar-refractivity contribution in [2.75, 3.05) is 0 Å². The molecule has 0 aliphatic heterocycles. The summed E-state index contributed by atoms with van der Waals surface area (Å²) in [5, 5.41) is 1.00. The molecule has 1 aromatic carbocycles. The van der Waals surface area contributed by atoms with Crippen molar-refractivity contribution in [1.82, 2.24) is 0 Å². The Bertz CT molecular complexity index is 759. The van der Waals surface area contributed by atoms with Gasteiger partial charge in [0.25, 0.3) is 0 Å². The van der Waals surface area contributed by atoms with Gasteiger partial charge in [0, 0.05) is 33.1 Å². The lowest BCUT2D eigenvalue weighted by Crippen LogP contribution is -2.18. The van der Waals surface area contributed by atoms with Gasteiger partial charge in [-0.2, -0.15) is 0 Å². The lowest BCUT2D eigenvalue weighted by molar-refractivity contribution is -0.117. The van der Waals surface area contributed by atoms with Crippen molar-refractivity contribution in [1.29, 1.82) is 0 Å². The van der Waals surface area contributed by atoms with Crippen LogP contribution in [0.3, 0.4) is 0 Å². The van der Waals surface area contributed by atoms with E-state index in [9.17, 15) is 9.59 Å². The molecule has 0 aromatic heterocycles. The summed E-state index contributed by atoms with van der Waals surface area (Å²) in [5.41, 5.74) is 3.67. The van der Waals surface area contributed by atoms with E-state index in [4.69, 9.17) is 11.6 Å². The SMILES string of the molecule is CC1=CC(=O)C(CCC(=O)c2cc(Cl)cc(SC(C)C)c2C)C(C)=C1. The quantitative estimate of drug-likeness (QED) is 0.437. The van der Waals surface area contributed by atoms with Crippen molar-refractivity contribution in [3.63, 3.8) is 0 Å². The molecule has 2 rings (SSSR count). The lowest BCUT2D eigenvalue weighted by atomic mass is 9.84. The maximum absolute atomic E-state index is 12.8. The maximum atomic E-state index is 12.8. The number of rotatable bonds is 6. The molecule has 0 heterocycles. The zero-order valence-corrected chi connectivity index (χ0v) is 17.1. The molecule has 2 nitrogen and oxygen atoms in total. The number of carbonyl (C=O) groups is 2. The van der Waals surface area contributed by atoms with E-state index in [1.54, 1.807) is 23.9 Å². The van der Waals surface area contributed by atoms with Gasteiger partial charge in [0.1, 0.15) is 0 Å². The molecule has 0 amide bonds. The molecule has 25 heavy (non-hydrogen) atoms. The molecule has 0 saturated heterocycles. The maximum Gasteiger partial charge on any atom is 0.163 e. The number of hydrogen-bond donors (Lipinski definition) is 0. The van der Waals surface area contributed by atoms with Crippen LogP contribution in [0.2, 0.25) is 5.02 Å². The Morgan fingerprint density at radius 1 is 1.20 bits per heavy atom. The van der Waals surface area contributed by atoms with E-state index in [1.165, 1.54) is 0 Å². The number of hydrogen-bond acceptors (Lipinski definition) is 3. The molecule has 1 aromatic rings. The van der Waals surface area contributed by atoms with Crippen LogP contribution in [0.25, 0.3) is 0 Å². The molecule has 1 atom stereocenters. The van der Waals surface area contributed by atoms with Crippen LogP contribution in [0, 0.1) is 12.8 Å².